The lowest BCUT2D eigenvalue weighted by Gasteiger charge is -2.31. The van der Waals surface area contributed by atoms with Crippen molar-refractivity contribution in [3.05, 3.63) is 30.6 Å². The predicted octanol–water partition coefficient (Wildman–Crippen LogP) is 2.94. The summed E-state index contributed by atoms with van der Waals surface area (Å²) < 4.78 is 7.23. The molecule has 0 spiro atoms. The van der Waals surface area contributed by atoms with Crippen molar-refractivity contribution in [2.45, 2.75) is 43.1 Å². The number of nitrogens with zero attached hydrogens (tertiary/aromatic N) is 3. The Labute approximate surface area is 140 Å². The molecule has 0 aliphatic carbocycles. The van der Waals surface area contributed by atoms with E-state index in [2.05, 4.69) is 20.9 Å². The van der Waals surface area contributed by atoms with E-state index in [4.69, 9.17) is 4.74 Å². The van der Waals surface area contributed by atoms with Crippen LogP contribution in [0.2, 0.25) is 0 Å². The van der Waals surface area contributed by atoms with Crippen LogP contribution < -0.4 is 5.43 Å². The van der Waals surface area contributed by atoms with Gasteiger partial charge in [0.05, 0.1) is 11.1 Å². The van der Waals surface area contributed by atoms with Crippen LogP contribution in [0.4, 0.5) is 4.79 Å². The number of hydrogen-bond donors (Lipinski definition) is 1. The van der Waals surface area contributed by atoms with Gasteiger partial charge in [-0.05, 0) is 38.8 Å². The Morgan fingerprint density at radius 2 is 2.17 bits per heavy atom. The third-order valence-corrected chi connectivity index (χ3v) is 5.09. The average Bonchev–Trinajstić information content (AvgIpc) is 2.98. The summed E-state index contributed by atoms with van der Waals surface area (Å²) in [4.78, 5) is 15.9. The molecule has 0 aromatic carbocycles. The average molecular weight is 334 g/mol. The summed E-state index contributed by atoms with van der Waals surface area (Å²) in [6.07, 6.45) is 5.41. The molecule has 124 valence electrons. The number of imidazole rings is 1. The number of hydrogen-bond acceptors (Lipinski definition) is 5. The van der Waals surface area contributed by atoms with E-state index in [1.807, 2.05) is 55.1 Å². The summed E-state index contributed by atoms with van der Waals surface area (Å²) in [5.74, 6) is 0. The smallest absolute Gasteiger partial charge is 0.422 e. The lowest BCUT2D eigenvalue weighted by Crippen LogP contribution is -2.47. The number of pyridine rings is 1. The molecule has 6 nitrogen and oxygen atoms in total. The zero-order valence-corrected chi connectivity index (χ0v) is 14.3. The first-order chi connectivity index (χ1) is 11.1. The third-order valence-electron chi connectivity index (χ3n) is 3.71. The van der Waals surface area contributed by atoms with E-state index in [-0.39, 0.29) is 12.2 Å². The number of carbonyl (C=O) groups excluding carboxylic acids is 1. The minimum atomic E-state index is -0.366. The van der Waals surface area contributed by atoms with Crippen molar-refractivity contribution in [3.8, 4) is 0 Å². The van der Waals surface area contributed by atoms with Gasteiger partial charge in [0.15, 0.2) is 0 Å². The van der Waals surface area contributed by atoms with Crippen LogP contribution in [-0.4, -0.2) is 44.9 Å². The maximum atomic E-state index is 11.6. The van der Waals surface area contributed by atoms with Crippen molar-refractivity contribution in [1.29, 1.82) is 0 Å². The largest absolute Gasteiger partial charge is 0.446 e. The molecule has 2 aromatic rings. The van der Waals surface area contributed by atoms with Crippen molar-refractivity contribution >= 4 is 23.5 Å². The molecule has 3 heterocycles. The van der Waals surface area contributed by atoms with Crippen LogP contribution in [-0.2, 0) is 4.74 Å². The second-order valence-electron chi connectivity index (χ2n) is 5.89. The molecule has 23 heavy (non-hydrogen) atoms. The molecule has 1 aliphatic heterocycles. The fourth-order valence-corrected chi connectivity index (χ4v) is 3.86. The van der Waals surface area contributed by atoms with Gasteiger partial charge in [-0.15, -0.1) is 11.8 Å². The fourth-order valence-electron chi connectivity index (χ4n) is 2.64. The maximum absolute atomic E-state index is 11.6. The van der Waals surface area contributed by atoms with E-state index in [1.165, 1.54) is 5.03 Å². The number of piperidine rings is 1. The molecule has 1 saturated heterocycles. The van der Waals surface area contributed by atoms with Crippen LogP contribution in [0.3, 0.4) is 0 Å². The summed E-state index contributed by atoms with van der Waals surface area (Å²) in [5.41, 5.74) is 3.79. The van der Waals surface area contributed by atoms with Crippen LogP contribution in [0.5, 0.6) is 0 Å². The van der Waals surface area contributed by atoms with E-state index < -0.39 is 0 Å². The highest BCUT2D eigenvalue weighted by atomic mass is 32.2. The van der Waals surface area contributed by atoms with Gasteiger partial charge in [-0.2, -0.15) is 0 Å². The number of rotatable bonds is 4. The number of nitrogens with one attached hydrogen (secondary N) is 1. The lowest BCUT2D eigenvalue weighted by molar-refractivity contribution is 0.0762. The molecule has 3 rings (SSSR count). The summed E-state index contributed by atoms with van der Waals surface area (Å²) in [5, 5.41) is 3.70. The van der Waals surface area contributed by atoms with Gasteiger partial charge in [-0.3, -0.25) is 9.83 Å². The first kappa shape index (κ1) is 16.1. The lowest BCUT2D eigenvalue weighted by atomic mass is 10.1. The highest BCUT2D eigenvalue weighted by Gasteiger charge is 2.22. The topological polar surface area (TPSA) is 58.9 Å². The second kappa shape index (κ2) is 7.23. The molecule has 0 atom stereocenters. The van der Waals surface area contributed by atoms with Crippen molar-refractivity contribution in [2.75, 3.05) is 13.1 Å². The summed E-state index contributed by atoms with van der Waals surface area (Å²) in [6.45, 7) is 5.37. The number of fused-ring (bicyclic) bond motifs is 1. The van der Waals surface area contributed by atoms with Gasteiger partial charge in [-0.1, -0.05) is 6.07 Å². The van der Waals surface area contributed by atoms with Crippen LogP contribution in [0, 0.1) is 0 Å². The third kappa shape index (κ3) is 4.17. The molecule has 0 radical (unpaired) electrons. The standard InChI is InChI=1S/C16H22N4O2S/c1-12(2)22-16(21)18-19-9-6-13(7-10-19)23-15-5-3-4-14-17-8-11-20(14)15/h3-5,8,11-13H,6-7,9-10H2,1-2H3,(H,18,21). The van der Waals surface area contributed by atoms with E-state index in [1.54, 1.807) is 0 Å². The quantitative estimate of drug-likeness (QED) is 0.931. The van der Waals surface area contributed by atoms with Crippen molar-refractivity contribution in [1.82, 2.24) is 19.8 Å². The van der Waals surface area contributed by atoms with E-state index in [9.17, 15) is 4.79 Å². The molecule has 1 amide bonds. The number of thioether (sulfide) groups is 1. The fraction of sp³-hybridized carbons (Fsp3) is 0.500. The molecular weight excluding hydrogens is 312 g/mol. The Balaban J connectivity index is 1.51. The molecule has 1 aliphatic rings. The first-order valence-corrected chi connectivity index (χ1v) is 8.81. The monoisotopic (exact) mass is 334 g/mol. The number of hydrazine groups is 1. The molecule has 2 aromatic heterocycles. The zero-order valence-electron chi connectivity index (χ0n) is 13.4. The van der Waals surface area contributed by atoms with Crippen LogP contribution in [0.15, 0.2) is 35.6 Å². The Kier molecular flexibility index (Phi) is 5.07. The van der Waals surface area contributed by atoms with Gasteiger partial charge in [0, 0.05) is 30.7 Å². The first-order valence-electron chi connectivity index (χ1n) is 7.93. The summed E-state index contributed by atoms with van der Waals surface area (Å²) in [7, 11) is 0. The molecule has 0 bridgehead atoms. The predicted molar refractivity (Wildman–Crippen MR) is 90.4 cm³/mol. The SMILES string of the molecule is CC(C)OC(=O)NN1CCC(Sc2cccc3nccn23)CC1. The summed E-state index contributed by atoms with van der Waals surface area (Å²) in [6, 6.07) is 6.18. The highest BCUT2D eigenvalue weighted by Crippen LogP contribution is 2.30. The van der Waals surface area contributed by atoms with E-state index in [0.29, 0.717) is 5.25 Å². The maximum Gasteiger partial charge on any atom is 0.422 e. The normalized spacial score (nSPS) is 16.8. The minimum Gasteiger partial charge on any atom is -0.446 e. The van der Waals surface area contributed by atoms with Crippen molar-refractivity contribution in [3.63, 3.8) is 0 Å². The van der Waals surface area contributed by atoms with Gasteiger partial charge >= 0.3 is 6.09 Å². The Hall–Kier alpha value is -1.73. The van der Waals surface area contributed by atoms with E-state index >= 15 is 0 Å². The number of carbonyl (C=O) groups is 1. The molecule has 0 unspecified atom stereocenters. The zero-order chi connectivity index (χ0) is 16.2. The van der Waals surface area contributed by atoms with Crippen LogP contribution in [0.1, 0.15) is 26.7 Å². The van der Waals surface area contributed by atoms with Gasteiger partial charge in [-0.25, -0.2) is 14.8 Å². The van der Waals surface area contributed by atoms with Crippen LogP contribution >= 0.6 is 11.8 Å². The van der Waals surface area contributed by atoms with Gasteiger partial charge in [0.1, 0.15) is 5.65 Å². The Morgan fingerprint density at radius 1 is 1.39 bits per heavy atom. The number of ether oxygens (including phenoxy) is 1. The van der Waals surface area contributed by atoms with Crippen molar-refractivity contribution in [2.24, 2.45) is 0 Å². The molecular formula is C16H22N4O2S. The van der Waals surface area contributed by atoms with Crippen LogP contribution in [0.25, 0.3) is 5.65 Å². The van der Waals surface area contributed by atoms with E-state index in [0.717, 1.165) is 31.6 Å². The number of aromatic nitrogens is 2. The second-order valence-corrected chi connectivity index (χ2v) is 7.21. The van der Waals surface area contributed by atoms with Gasteiger partial charge in [0.25, 0.3) is 0 Å². The Bertz CT molecular complexity index is 665. The molecule has 1 fully saturated rings. The molecule has 7 heteroatoms. The molecule has 1 N–H and O–H groups in total. The van der Waals surface area contributed by atoms with Crippen molar-refractivity contribution < 1.29 is 9.53 Å². The number of amides is 1. The molecule has 0 saturated carbocycles. The van der Waals surface area contributed by atoms with Gasteiger partial charge in [0.2, 0.25) is 0 Å². The summed E-state index contributed by atoms with van der Waals surface area (Å²) >= 11 is 1.88. The Morgan fingerprint density at radius 3 is 2.91 bits per heavy atom. The minimum absolute atomic E-state index is 0.0984. The highest BCUT2D eigenvalue weighted by molar-refractivity contribution is 7.99. The van der Waals surface area contributed by atoms with Gasteiger partial charge < -0.3 is 4.74 Å².